The van der Waals surface area contributed by atoms with Gasteiger partial charge in [-0.3, -0.25) is 9.59 Å². The first kappa shape index (κ1) is 16.0. The molecule has 1 fully saturated rings. The molecule has 2 rings (SSSR count). The molecule has 1 aromatic heterocycles. The Morgan fingerprint density at radius 1 is 1.48 bits per heavy atom. The highest BCUT2D eigenvalue weighted by Crippen LogP contribution is 2.23. The van der Waals surface area contributed by atoms with Crippen molar-refractivity contribution >= 4 is 23.2 Å². The van der Waals surface area contributed by atoms with E-state index >= 15 is 0 Å². The molecule has 1 aliphatic heterocycles. The van der Waals surface area contributed by atoms with Crippen LogP contribution in [0.1, 0.15) is 39.4 Å². The van der Waals surface area contributed by atoms with E-state index in [-0.39, 0.29) is 25.0 Å². The number of carbonyl (C=O) groups is 2. The Morgan fingerprint density at radius 3 is 2.76 bits per heavy atom. The second-order valence-electron chi connectivity index (χ2n) is 5.38. The minimum absolute atomic E-state index is 0.0323. The van der Waals surface area contributed by atoms with Crippen molar-refractivity contribution in [3.8, 4) is 0 Å². The van der Waals surface area contributed by atoms with Gasteiger partial charge in [0.05, 0.1) is 17.4 Å². The molecule has 0 spiro atoms. The van der Waals surface area contributed by atoms with Crippen LogP contribution in [0.4, 0.5) is 0 Å². The van der Waals surface area contributed by atoms with Crippen molar-refractivity contribution in [1.82, 2.24) is 4.90 Å². The van der Waals surface area contributed by atoms with Crippen molar-refractivity contribution in [3.05, 3.63) is 21.4 Å². The van der Waals surface area contributed by atoms with Crippen LogP contribution in [0.25, 0.3) is 0 Å². The van der Waals surface area contributed by atoms with Crippen molar-refractivity contribution in [2.45, 2.75) is 39.2 Å². The van der Waals surface area contributed by atoms with Gasteiger partial charge < -0.3 is 14.7 Å². The van der Waals surface area contributed by atoms with Crippen molar-refractivity contribution in [2.75, 3.05) is 19.7 Å². The largest absolute Gasteiger partial charge is 0.481 e. The predicted octanol–water partition coefficient (Wildman–Crippen LogP) is 2.46. The molecule has 1 saturated heterocycles. The number of nitrogens with zero attached hydrogens (tertiary/aromatic N) is 1. The summed E-state index contributed by atoms with van der Waals surface area (Å²) in [6.45, 7) is 5.39. The van der Waals surface area contributed by atoms with E-state index in [4.69, 9.17) is 9.84 Å². The summed E-state index contributed by atoms with van der Waals surface area (Å²) >= 11 is 1.46. The molecule has 0 saturated carbocycles. The third kappa shape index (κ3) is 4.28. The Balaban J connectivity index is 2.08. The van der Waals surface area contributed by atoms with Crippen molar-refractivity contribution in [1.29, 1.82) is 0 Å². The zero-order chi connectivity index (χ0) is 15.4. The van der Waals surface area contributed by atoms with E-state index < -0.39 is 5.97 Å². The molecule has 0 aliphatic carbocycles. The number of carboxylic acid groups (broad SMARTS) is 1. The van der Waals surface area contributed by atoms with Crippen LogP contribution in [0, 0.1) is 13.8 Å². The summed E-state index contributed by atoms with van der Waals surface area (Å²) in [6.07, 6.45) is 1.93. The maximum absolute atomic E-state index is 12.6. The zero-order valence-electron chi connectivity index (χ0n) is 12.4. The zero-order valence-corrected chi connectivity index (χ0v) is 13.2. The quantitative estimate of drug-likeness (QED) is 0.876. The molecule has 1 aromatic rings. The average molecular weight is 311 g/mol. The van der Waals surface area contributed by atoms with Gasteiger partial charge in [0.2, 0.25) is 0 Å². The number of hydrogen-bond donors (Lipinski definition) is 1. The number of rotatable bonds is 6. The van der Waals surface area contributed by atoms with E-state index in [1.165, 1.54) is 11.3 Å². The maximum Gasteiger partial charge on any atom is 0.305 e. The van der Waals surface area contributed by atoms with Crippen molar-refractivity contribution < 1.29 is 19.4 Å². The number of carboxylic acids is 1. The number of amides is 1. The minimum atomic E-state index is -0.890. The number of carbonyl (C=O) groups excluding carboxylic acids is 1. The summed E-state index contributed by atoms with van der Waals surface area (Å²) in [5, 5.41) is 8.86. The molecular weight excluding hydrogens is 290 g/mol. The molecule has 1 amide bonds. The van der Waals surface area contributed by atoms with E-state index in [0.29, 0.717) is 11.4 Å². The molecule has 5 nitrogen and oxygen atoms in total. The Bertz CT molecular complexity index is 500. The van der Waals surface area contributed by atoms with E-state index in [1.807, 2.05) is 19.9 Å². The maximum atomic E-state index is 12.6. The van der Waals surface area contributed by atoms with Crippen molar-refractivity contribution in [2.24, 2.45) is 0 Å². The summed E-state index contributed by atoms with van der Waals surface area (Å²) in [6, 6.07) is 1.88. The lowest BCUT2D eigenvalue weighted by Crippen LogP contribution is -2.38. The molecule has 116 valence electrons. The lowest BCUT2D eigenvalue weighted by Gasteiger charge is -2.24. The summed E-state index contributed by atoms with van der Waals surface area (Å²) in [5.41, 5.74) is 1.10. The Kier molecular flexibility index (Phi) is 5.36. The van der Waals surface area contributed by atoms with Crippen LogP contribution >= 0.6 is 11.3 Å². The Labute approximate surface area is 128 Å². The summed E-state index contributed by atoms with van der Waals surface area (Å²) in [4.78, 5) is 26.8. The van der Waals surface area contributed by atoms with E-state index in [1.54, 1.807) is 4.90 Å². The minimum Gasteiger partial charge on any atom is -0.481 e. The summed E-state index contributed by atoms with van der Waals surface area (Å²) < 4.78 is 5.57. The van der Waals surface area contributed by atoms with Crippen LogP contribution in [-0.4, -0.2) is 47.7 Å². The van der Waals surface area contributed by atoms with Gasteiger partial charge in [0, 0.05) is 24.6 Å². The van der Waals surface area contributed by atoms with Gasteiger partial charge in [-0.2, -0.15) is 0 Å². The molecule has 2 heterocycles. The number of ether oxygens (including phenoxy) is 1. The Hall–Kier alpha value is -1.40. The highest BCUT2D eigenvalue weighted by Gasteiger charge is 2.25. The lowest BCUT2D eigenvalue weighted by atomic mass is 10.2. The molecule has 1 unspecified atom stereocenters. The van der Waals surface area contributed by atoms with Gasteiger partial charge in [-0.15, -0.1) is 11.3 Å². The number of hydrogen-bond acceptors (Lipinski definition) is 4. The normalized spacial score (nSPS) is 17.9. The first-order valence-corrected chi connectivity index (χ1v) is 7.98. The topological polar surface area (TPSA) is 66.8 Å². The molecule has 0 radical (unpaired) electrons. The monoisotopic (exact) mass is 311 g/mol. The molecule has 1 aliphatic rings. The van der Waals surface area contributed by atoms with Crippen LogP contribution in [0.5, 0.6) is 0 Å². The van der Waals surface area contributed by atoms with Crippen LogP contribution in [0.2, 0.25) is 0 Å². The SMILES string of the molecule is Cc1cc(C(=O)N(CCC(=O)O)CC2CCCO2)sc1C. The highest BCUT2D eigenvalue weighted by molar-refractivity contribution is 7.14. The molecule has 6 heteroatoms. The van der Waals surface area contributed by atoms with E-state index in [0.717, 1.165) is 29.9 Å². The molecule has 21 heavy (non-hydrogen) atoms. The van der Waals surface area contributed by atoms with Crippen LogP contribution in [0.15, 0.2) is 6.07 Å². The number of thiophene rings is 1. The predicted molar refractivity (Wildman–Crippen MR) is 80.9 cm³/mol. The fourth-order valence-corrected chi connectivity index (χ4v) is 3.38. The summed E-state index contributed by atoms with van der Waals surface area (Å²) in [5.74, 6) is -0.980. The van der Waals surface area contributed by atoms with Gasteiger partial charge in [-0.25, -0.2) is 0 Å². The smallest absolute Gasteiger partial charge is 0.305 e. The van der Waals surface area contributed by atoms with Crippen molar-refractivity contribution in [3.63, 3.8) is 0 Å². The molecule has 1 atom stereocenters. The fraction of sp³-hybridized carbons (Fsp3) is 0.600. The summed E-state index contributed by atoms with van der Waals surface area (Å²) in [7, 11) is 0. The number of aryl methyl sites for hydroxylation is 2. The van der Waals surface area contributed by atoms with Gasteiger partial charge in [0.25, 0.3) is 5.91 Å². The first-order valence-electron chi connectivity index (χ1n) is 7.17. The van der Waals surface area contributed by atoms with E-state index in [2.05, 4.69) is 0 Å². The molecule has 0 bridgehead atoms. The van der Waals surface area contributed by atoms with Gasteiger partial charge in [0.15, 0.2) is 0 Å². The third-order valence-electron chi connectivity index (χ3n) is 3.71. The molecule has 1 N–H and O–H groups in total. The molecular formula is C15H21NO4S. The highest BCUT2D eigenvalue weighted by atomic mass is 32.1. The second kappa shape index (κ2) is 7.04. The second-order valence-corrected chi connectivity index (χ2v) is 6.64. The number of aliphatic carboxylic acids is 1. The first-order chi connectivity index (χ1) is 9.97. The van der Waals surface area contributed by atoms with Crippen LogP contribution in [0.3, 0.4) is 0 Å². The van der Waals surface area contributed by atoms with E-state index in [9.17, 15) is 9.59 Å². The fourth-order valence-electron chi connectivity index (χ4n) is 2.37. The molecule has 0 aromatic carbocycles. The van der Waals surface area contributed by atoms with Gasteiger partial charge >= 0.3 is 5.97 Å². The lowest BCUT2D eigenvalue weighted by molar-refractivity contribution is -0.137. The third-order valence-corrected chi connectivity index (χ3v) is 4.85. The van der Waals surface area contributed by atoms with Crippen LogP contribution in [-0.2, 0) is 9.53 Å². The van der Waals surface area contributed by atoms with Gasteiger partial charge in [-0.1, -0.05) is 0 Å². The standard InChI is InChI=1S/C15H21NO4S/c1-10-8-13(21-11(10)2)15(19)16(6-5-14(17)18)9-12-4-3-7-20-12/h8,12H,3-7,9H2,1-2H3,(H,17,18). The Morgan fingerprint density at radius 2 is 2.24 bits per heavy atom. The van der Waals surface area contributed by atoms with Crippen LogP contribution < -0.4 is 0 Å². The van der Waals surface area contributed by atoms with Gasteiger partial charge in [-0.05, 0) is 38.3 Å². The average Bonchev–Trinajstić information content (AvgIpc) is 3.04. The van der Waals surface area contributed by atoms with Gasteiger partial charge in [0.1, 0.15) is 0 Å².